The van der Waals surface area contributed by atoms with Crippen LogP contribution in [0, 0.1) is 18.8 Å². The van der Waals surface area contributed by atoms with Gasteiger partial charge < -0.3 is 4.74 Å². The highest BCUT2D eigenvalue weighted by Gasteiger charge is 2.26. The van der Waals surface area contributed by atoms with Crippen LogP contribution in [-0.4, -0.2) is 33.1 Å². The molecule has 2 saturated carbocycles. The normalized spacial score (nSPS) is 28.9. The third-order valence-corrected chi connectivity index (χ3v) is 7.98. The Balaban J connectivity index is 1.31. The van der Waals surface area contributed by atoms with Crippen LogP contribution in [0.3, 0.4) is 0 Å². The molecule has 0 aliphatic heterocycles. The molecule has 28 heavy (non-hydrogen) atoms. The Bertz CT molecular complexity index is 688. The van der Waals surface area contributed by atoms with E-state index in [0.717, 1.165) is 30.2 Å². The molecule has 0 unspecified atom stereocenters. The van der Waals surface area contributed by atoms with E-state index in [1.54, 1.807) is 24.3 Å². The summed E-state index contributed by atoms with van der Waals surface area (Å²) in [6.45, 7) is 2.31. The van der Waals surface area contributed by atoms with Crippen LogP contribution in [0.4, 0.5) is 0 Å². The summed E-state index contributed by atoms with van der Waals surface area (Å²) in [5.41, 5.74) is 1.02. The van der Waals surface area contributed by atoms with Crippen molar-refractivity contribution in [2.75, 3.05) is 13.2 Å². The summed E-state index contributed by atoms with van der Waals surface area (Å²) in [6, 6.07) is 6.69. The summed E-state index contributed by atoms with van der Waals surface area (Å²) in [6.07, 6.45) is 11.1. The van der Waals surface area contributed by atoms with Gasteiger partial charge in [-0.3, -0.25) is 4.18 Å². The Kier molecular flexibility index (Phi) is 8.22. The first-order chi connectivity index (χ1) is 13.4. The maximum Gasteiger partial charge on any atom is 0.297 e. The fraction of sp³-hybridized carbons (Fsp3) is 0.727. The van der Waals surface area contributed by atoms with Crippen LogP contribution in [0.1, 0.15) is 63.4 Å². The van der Waals surface area contributed by atoms with Crippen molar-refractivity contribution in [2.45, 2.75) is 81.1 Å². The second-order valence-corrected chi connectivity index (χ2v) is 10.7. The first-order valence-electron chi connectivity index (χ1n) is 10.6. The highest BCUT2D eigenvalue weighted by atomic mass is 35.5. The molecule has 2 aliphatic rings. The number of alkyl halides is 1. The van der Waals surface area contributed by atoms with Crippen LogP contribution in [0.15, 0.2) is 29.2 Å². The van der Waals surface area contributed by atoms with Crippen LogP contribution in [0.5, 0.6) is 0 Å². The lowest BCUT2D eigenvalue weighted by atomic mass is 9.77. The van der Waals surface area contributed by atoms with Gasteiger partial charge >= 0.3 is 0 Å². The number of rotatable bonds is 8. The molecule has 1 aromatic rings. The highest BCUT2D eigenvalue weighted by Crippen LogP contribution is 2.37. The van der Waals surface area contributed by atoms with E-state index in [1.165, 1.54) is 44.9 Å². The predicted molar refractivity (Wildman–Crippen MR) is 112 cm³/mol. The summed E-state index contributed by atoms with van der Waals surface area (Å²) >= 11 is 6.21. The molecule has 1 aromatic carbocycles. The average Bonchev–Trinajstić information content (AvgIpc) is 2.69. The lowest BCUT2D eigenvalue weighted by Gasteiger charge is -2.33. The van der Waals surface area contributed by atoms with Gasteiger partial charge in [0.1, 0.15) is 0 Å². The Labute approximate surface area is 175 Å². The molecule has 158 valence electrons. The molecule has 4 nitrogen and oxygen atoms in total. The van der Waals surface area contributed by atoms with Crippen LogP contribution in [0.2, 0.25) is 0 Å². The molecule has 0 atom stereocenters. The van der Waals surface area contributed by atoms with Gasteiger partial charge in [-0.15, -0.1) is 11.6 Å². The molecular weight excluding hydrogens is 396 g/mol. The van der Waals surface area contributed by atoms with Crippen molar-refractivity contribution in [3.63, 3.8) is 0 Å². The van der Waals surface area contributed by atoms with E-state index in [0.29, 0.717) is 12.0 Å². The zero-order valence-electron chi connectivity index (χ0n) is 16.8. The van der Waals surface area contributed by atoms with Crippen LogP contribution >= 0.6 is 11.6 Å². The molecule has 0 radical (unpaired) electrons. The van der Waals surface area contributed by atoms with E-state index >= 15 is 0 Å². The quantitative estimate of drug-likeness (QED) is 0.313. The van der Waals surface area contributed by atoms with Crippen molar-refractivity contribution in [3.05, 3.63) is 29.8 Å². The minimum Gasteiger partial charge on any atom is -0.376 e. The van der Waals surface area contributed by atoms with Gasteiger partial charge in [0.15, 0.2) is 0 Å². The van der Waals surface area contributed by atoms with E-state index in [4.69, 9.17) is 20.5 Å². The van der Waals surface area contributed by atoms with E-state index < -0.39 is 10.1 Å². The fourth-order valence-corrected chi connectivity index (χ4v) is 5.64. The lowest BCUT2D eigenvalue weighted by molar-refractivity contribution is 0.00242. The summed E-state index contributed by atoms with van der Waals surface area (Å²) < 4.78 is 35.3. The van der Waals surface area contributed by atoms with E-state index in [-0.39, 0.29) is 17.6 Å². The number of aryl methyl sites for hydroxylation is 1. The van der Waals surface area contributed by atoms with E-state index in [1.807, 2.05) is 6.92 Å². The molecule has 0 aromatic heterocycles. The third-order valence-electron chi connectivity index (χ3n) is 6.22. The van der Waals surface area contributed by atoms with Gasteiger partial charge in [-0.05, 0) is 88.7 Å². The maximum absolute atomic E-state index is 12.2. The molecule has 0 bridgehead atoms. The van der Waals surface area contributed by atoms with E-state index in [2.05, 4.69) is 0 Å². The van der Waals surface area contributed by atoms with Crippen molar-refractivity contribution in [2.24, 2.45) is 11.8 Å². The zero-order valence-corrected chi connectivity index (χ0v) is 18.4. The molecule has 3 rings (SSSR count). The minimum absolute atomic E-state index is 0.0673. The summed E-state index contributed by atoms with van der Waals surface area (Å²) in [7, 11) is -3.70. The monoisotopic (exact) mass is 428 g/mol. The van der Waals surface area contributed by atoms with Crippen LogP contribution in [0.25, 0.3) is 0 Å². The molecule has 2 fully saturated rings. The number of benzene rings is 1. The number of hydrogen-bond acceptors (Lipinski definition) is 4. The zero-order chi connectivity index (χ0) is 20.0. The fourth-order valence-electron chi connectivity index (χ4n) is 4.49. The van der Waals surface area contributed by atoms with Gasteiger partial charge in [0.05, 0.1) is 24.2 Å². The van der Waals surface area contributed by atoms with Gasteiger partial charge in [0.25, 0.3) is 10.1 Å². The smallest absolute Gasteiger partial charge is 0.297 e. The van der Waals surface area contributed by atoms with Crippen molar-refractivity contribution in [3.8, 4) is 0 Å². The first-order valence-corrected chi connectivity index (χ1v) is 12.5. The summed E-state index contributed by atoms with van der Waals surface area (Å²) in [4.78, 5) is 0.196. The molecule has 0 spiro atoms. The number of ether oxygens (including phenoxy) is 1. The Morgan fingerprint density at radius 2 is 1.46 bits per heavy atom. The number of hydrogen-bond donors (Lipinski definition) is 0. The molecule has 0 amide bonds. The third kappa shape index (κ3) is 6.72. The standard InChI is InChI=1S/C22H33ClO4S/c1-17-2-12-22(13-3-17)28(24,25)27-15-14-26-21-10-6-19(7-11-21)16-18-4-8-20(23)9-5-18/h2-3,12-13,18-21H,4-11,14-16H2,1H3. The first kappa shape index (κ1) is 22.1. The molecule has 0 saturated heterocycles. The SMILES string of the molecule is Cc1ccc(S(=O)(=O)OCCOC2CCC(CC3CCC(Cl)CC3)CC2)cc1. The molecule has 6 heteroatoms. The average molecular weight is 429 g/mol. The van der Waals surface area contributed by atoms with Gasteiger partial charge in [-0.1, -0.05) is 17.7 Å². The Morgan fingerprint density at radius 3 is 2.07 bits per heavy atom. The van der Waals surface area contributed by atoms with Crippen molar-refractivity contribution in [1.82, 2.24) is 0 Å². The predicted octanol–water partition coefficient (Wildman–Crippen LogP) is 5.46. The maximum atomic E-state index is 12.2. The van der Waals surface area contributed by atoms with Gasteiger partial charge in [0.2, 0.25) is 0 Å². The van der Waals surface area contributed by atoms with Gasteiger partial charge in [-0.2, -0.15) is 8.42 Å². The second kappa shape index (κ2) is 10.4. The van der Waals surface area contributed by atoms with Crippen LogP contribution < -0.4 is 0 Å². The van der Waals surface area contributed by atoms with Crippen molar-refractivity contribution in [1.29, 1.82) is 0 Å². The lowest BCUT2D eigenvalue weighted by Crippen LogP contribution is -2.25. The molecule has 2 aliphatic carbocycles. The Hall–Kier alpha value is -0.620. The van der Waals surface area contributed by atoms with Crippen molar-refractivity contribution >= 4 is 21.7 Å². The van der Waals surface area contributed by atoms with Gasteiger partial charge in [-0.25, -0.2) is 0 Å². The largest absolute Gasteiger partial charge is 0.376 e. The Morgan fingerprint density at radius 1 is 0.893 bits per heavy atom. The topological polar surface area (TPSA) is 52.6 Å². The summed E-state index contributed by atoms with van der Waals surface area (Å²) in [5, 5.41) is 0.400. The van der Waals surface area contributed by atoms with Gasteiger partial charge in [0, 0.05) is 5.38 Å². The molecular formula is C22H33ClO4S. The van der Waals surface area contributed by atoms with Crippen molar-refractivity contribution < 1.29 is 17.3 Å². The summed E-state index contributed by atoms with van der Waals surface area (Å²) in [5.74, 6) is 1.67. The molecule has 0 N–H and O–H groups in total. The second-order valence-electron chi connectivity index (χ2n) is 8.46. The van der Waals surface area contributed by atoms with E-state index in [9.17, 15) is 8.42 Å². The highest BCUT2D eigenvalue weighted by molar-refractivity contribution is 7.86. The molecule has 0 heterocycles. The number of halogens is 1. The van der Waals surface area contributed by atoms with Crippen LogP contribution in [-0.2, 0) is 19.0 Å². The minimum atomic E-state index is -3.70.